The maximum atomic E-state index is 6.09. The van der Waals surface area contributed by atoms with Crippen molar-refractivity contribution in [2.45, 2.75) is 30.5 Å². The zero-order valence-electron chi connectivity index (χ0n) is 8.57. The van der Waals surface area contributed by atoms with E-state index in [9.17, 15) is 0 Å². The maximum Gasteiger partial charge on any atom is 0.125 e. The Bertz CT molecular complexity index is 277. The largest absolute Gasteiger partial charge is 0.356 e. The molecule has 0 aromatic heterocycles. The lowest BCUT2D eigenvalue weighted by atomic mass is 9.64. The molecule has 1 saturated heterocycles. The second kappa shape index (κ2) is 3.80. The topological polar surface area (TPSA) is 12.5 Å². The molecule has 1 saturated carbocycles. The molecular formula is C11H15Cl3O. The minimum Gasteiger partial charge on any atom is -0.356 e. The number of alkyl halides is 3. The highest BCUT2D eigenvalue weighted by atomic mass is 35.5. The minimum absolute atomic E-state index is 0.189. The quantitative estimate of drug-likeness (QED) is 0.432. The zero-order valence-corrected chi connectivity index (χ0v) is 10.8. The summed E-state index contributed by atoms with van der Waals surface area (Å²) in [6, 6.07) is 0. The second-order valence-corrected chi connectivity index (χ2v) is 5.37. The van der Waals surface area contributed by atoms with Crippen LogP contribution < -0.4 is 0 Å². The number of fused-ring (bicyclic) bond motifs is 1. The number of rotatable bonds is 4. The molecule has 0 aromatic rings. The molecule has 1 nitrogen and oxygen atoms in total. The maximum absolute atomic E-state index is 6.09. The molecule has 0 spiro atoms. The lowest BCUT2D eigenvalue weighted by Crippen LogP contribution is -2.49. The van der Waals surface area contributed by atoms with Crippen molar-refractivity contribution in [3.8, 4) is 0 Å². The van der Waals surface area contributed by atoms with Crippen LogP contribution in [0.4, 0.5) is 0 Å². The summed E-state index contributed by atoms with van der Waals surface area (Å²) in [5.74, 6) is 1.50. The smallest absolute Gasteiger partial charge is 0.125 e. The summed E-state index contributed by atoms with van der Waals surface area (Å²) in [5.41, 5.74) is -0.827. The van der Waals surface area contributed by atoms with Gasteiger partial charge in [-0.1, -0.05) is 6.08 Å². The summed E-state index contributed by atoms with van der Waals surface area (Å²) in [7, 11) is 0. The lowest BCUT2D eigenvalue weighted by molar-refractivity contribution is 0.174. The normalized spacial score (nSPS) is 42.1. The monoisotopic (exact) mass is 268 g/mol. The van der Waals surface area contributed by atoms with Crippen LogP contribution in [0, 0.1) is 5.41 Å². The molecule has 2 fully saturated rings. The van der Waals surface area contributed by atoms with E-state index in [1.807, 2.05) is 6.08 Å². The highest BCUT2D eigenvalue weighted by molar-refractivity contribution is 6.22. The zero-order chi connectivity index (χ0) is 11.2. The Morgan fingerprint density at radius 1 is 1.13 bits per heavy atom. The van der Waals surface area contributed by atoms with Crippen molar-refractivity contribution >= 4 is 34.8 Å². The van der Waals surface area contributed by atoms with Crippen LogP contribution in [-0.2, 0) is 4.74 Å². The minimum atomic E-state index is -0.385. The number of ether oxygens (including phenoxy) is 1. The molecule has 4 heteroatoms. The Hall–Kier alpha value is 0.570. The first kappa shape index (κ1) is 12.0. The van der Waals surface area contributed by atoms with Crippen molar-refractivity contribution in [3.63, 3.8) is 0 Å². The van der Waals surface area contributed by atoms with Crippen LogP contribution in [0.3, 0.4) is 0 Å². The molecule has 15 heavy (non-hydrogen) atoms. The lowest BCUT2D eigenvalue weighted by Gasteiger charge is -2.40. The molecule has 1 heterocycles. The van der Waals surface area contributed by atoms with Gasteiger partial charge in [0, 0.05) is 17.2 Å². The van der Waals surface area contributed by atoms with E-state index in [0.29, 0.717) is 17.6 Å². The molecule has 2 unspecified atom stereocenters. The van der Waals surface area contributed by atoms with Crippen LogP contribution in [0.25, 0.3) is 0 Å². The Labute approximate surface area is 106 Å². The summed E-state index contributed by atoms with van der Waals surface area (Å²) in [6.45, 7) is 3.88. The Balaban J connectivity index is 2.38. The van der Waals surface area contributed by atoms with Crippen LogP contribution in [-0.4, -0.2) is 28.8 Å². The van der Waals surface area contributed by atoms with Crippen molar-refractivity contribution in [2.75, 3.05) is 17.6 Å². The van der Waals surface area contributed by atoms with Crippen molar-refractivity contribution in [1.29, 1.82) is 0 Å². The van der Waals surface area contributed by atoms with Gasteiger partial charge in [-0.05, 0) is 19.3 Å². The van der Waals surface area contributed by atoms with Crippen LogP contribution in [0.15, 0.2) is 12.7 Å². The Morgan fingerprint density at radius 3 is 2.27 bits per heavy atom. The van der Waals surface area contributed by atoms with Gasteiger partial charge in [0.15, 0.2) is 0 Å². The Morgan fingerprint density at radius 2 is 1.80 bits per heavy atom. The third-order valence-corrected chi connectivity index (χ3v) is 5.49. The first-order chi connectivity index (χ1) is 7.16. The van der Waals surface area contributed by atoms with Gasteiger partial charge in [-0.25, -0.2) is 0 Å². The summed E-state index contributed by atoms with van der Waals surface area (Å²) >= 11 is 18.2. The summed E-state index contributed by atoms with van der Waals surface area (Å²) in [4.78, 5) is 0. The third-order valence-electron chi connectivity index (χ3n) is 4.03. The van der Waals surface area contributed by atoms with Gasteiger partial charge < -0.3 is 4.74 Å². The molecule has 2 rings (SSSR count). The highest BCUT2D eigenvalue weighted by Gasteiger charge is 2.77. The van der Waals surface area contributed by atoms with Crippen molar-refractivity contribution in [2.24, 2.45) is 5.41 Å². The predicted molar refractivity (Wildman–Crippen MR) is 65.2 cm³/mol. The number of hydrogen-bond acceptors (Lipinski definition) is 1. The highest BCUT2D eigenvalue weighted by Crippen LogP contribution is 2.67. The Kier molecular flexibility index (Phi) is 3.05. The molecule has 0 N–H and O–H groups in total. The fourth-order valence-electron chi connectivity index (χ4n) is 3.01. The van der Waals surface area contributed by atoms with E-state index >= 15 is 0 Å². The molecule has 0 radical (unpaired) electrons. The van der Waals surface area contributed by atoms with E-state index < -0.39 is 0 Å². The average Bonchev–Trinajstić information content (AvgIpc) is 2.99. The fraction of sp³-hybridized carbons (Fsp3) is 0.818. The van der Waals surface area contributed by atoms with E-state index in [4.69, 9.17) is 39.5 Å². The van der Waals surface area contributed by atoms with Crippen LogP contribution >= 0.6 is 34.8 Å². The van der Waals surface area contributed by atoms with E-state index in [0.717, 1.165) is 19.3 Å². The van der Waals surface area contributed by atoms with E-state index in [1.54, 1.807) is 0 Å². The predicted octanol–water partition coefficient (Wildman–Crippen LogP) is 3.57. The second-order valence-electron chi connectivity index (χ2n) is 4.57. The average molecular weight is 270 g/mol. The van der Waals surface area contributed by atoms with Gasteiger partial charge in [0.25, 0.3) is 0 Å². The van der Waals surface area contributed by atoms with Crippen molar-refractivity contribution in [1.82, 2.24) is 0 Å². The van der Waals surface area contributed by atoms with Gasteiger partial charge in [-0.2, -0.15) is 0 Å². The molecule has 2 aliphatic rings. The van der Waals surface area contributed by atoms with Gasteiger partial charge in [0.2, 0.25) is 0 Å². The molecule has 1 aliphatic heterocycles. The van der Waals surface area contributed by atoms with Crippen LogP contribution in [0.5, 0.6) is 0 Å². The number of hydrogen-bond donors (Lipinski definition) is 0. The van der Waals surface area contributed by atoms with Gasteiger partial charge >= 0.3 is 0 Å². The van der Waals surface area contributed by atoms with Gasteiger partial charge in [-0.3, -0.25) is 0 Å². The molecule has 0 amide bonds. The molecular weight excluding hydrogens is 254 g/mol. The first-order valence-corrected chi connectivity index (χ1v) is 6.78. The fourth-order valence-corrected chi connectivity index (χ4v) is 4.35. The molecule has 1 aliphatic carbocycles. The van der Waals surface area contributed by atoms with Crippen LogP contribution in [0.2, 0.25) is 0 Å². The van der Waals surface area contributed by atoms with Gasteiger partial charge in [0.05, 0.1) is 5.88 Å². The third kappa shape index (κ3) is 1.27. The van der Waals surface area contributed by atoms with Gasteiger partial charge in [-0.15, -0.1) is 41.4 Å². The summed E-state index contributed by atoms with van der Waals surface area (Å²) < 4.78 is 5.93. The van der Waals surface area contributed by atoms with Crippen molar-refractivity contribution < 1.29 is 4.74 Å². The molecule has 2 atom stereocenters. The van der Waals surface area contributed by atoms with Gasteiger partial charge in [0.1, 0.15) is 11.2 Å². The van der Waals surface area contributed by atoms with Crippen LogP contribution in [0.1, 0.15) is 19.3 Å². The first-order valence-electron chi connectivity index (χ1n) is 5.17. The SMILES string of the molecule is C=CC12OC1(CCl)CCCC2(CCl)CCl. The van der Waals surface area contributed by atoms with E-state index in [2.05, 4.69) is 6.58 Å². The standard InChI is InChI=1S/C11H15Cl3O/c1-2-11-9(6-12,7-13)4-3-5-10(11,8-14)15-11/h2H,1,3-8H2. The van der Waals surface area contributed by atoms with Crippen molar-refractivity contribution in [3.05, 3.63) is 12.7 Å². The van der Waals surface area contributed by atoms with E-state index in [1.165, 1.54) is 0 Å². The molecule has 0 aromatic carbocycles. The molecule has 0 bridgehead atoms. The summed E-state index contributed by atoms with van der Waals surface area (Å²) in [6.07, 6.45) is 4.91. The van der Waals surface area contributed by atoms with E-state index in [-0.39, 0.29) is 16.6 Å². The summed E-state index contributed by atoms with van der Waals surface area (Å²) in [5, 5.41) is 0. The number of halogens is 3. The number of epoxide rings is 1. The molecule has 86 valence electrons.